The van der Waals surface area contributed by atoms with Crippen molar-refractivity contribution in [2.75, 3.05) is 41.9 Å². The van der Waals surface area contributed by atoms with E-state index in [-0.39, 0.29) is 18.2 Å². The molecule has 11 heteroatoms. The van der Waals surface area contributed by atoms with Gasteiger partial charge in [-0.2, -0.15) is 0 Å². The van der Waals surface area contributed by atoms with Gasteiger partial charge in [-0.1, -0.05) is 18.2 Å². The molecule has 0 saturated heterocycles. The molecule has 2 aromatic carbocycles. The number of hydrogen-bond acceptors (Lipinski definition) is 9. The van der Waals surface area contributed by atoms with Crippen molar-refractivity contribution in [1.29, 1.82) is 0 Å². The molecule has 10 nitrogen and oxygen atoms in total. The standard InChI is InChI=1S/C26H38NO9P/c1-17(2)35-26(28)18(3)27-37(29,16-30-4)36-22-13-19(11-12-21(22)31-5)9-10-20-14-23(32-6)25(34-8)24(15-20)33-7/h9-15,17-18,26,28H,16H2,1-8H3,(H,27,29)/b10-9-/t18-,26?,37?/m0/s1. The number of nitrogens with one attached hydrogen (secondary N) is 1. The van der Waals surface area contributed by atoms with Crippen molar-refractivity contribution < 1.29 is 42.6 Å². The Hall–Kier alpha value is -2.75. The van der Waals surface area contributed by atoms with Crippen molar-refractivity contribution in [3.63, 3.8) is 0 Å². The maximum atomic E-state index is 13.6. The molecule has 3 atom stereocenters. The average molecular weight is 540 g/mol. The fourth-order valence-corrected chi connectivity index (χ4v) is 5.18. The summed E-state index contributed by atoms with van der Waals surface area (Å²) < 4.78 is 51.7. The summed E-state index contributed by atoms with van der Waals surface area (Å²) >= 11 is 0. The van der Waals surface area contributed by atoms with Gasteiger partial charge < -0.3 is 38.1 Å². The first-order valence-electron chi connectivity index (χ1n) is 11.6. The van der Waals surface area contributed by atoms with Crippen LogP contribution in [0.15, 0.2) is 30.3 Å². The Kier molecular flexibility index (Phi) is 11.7. The average Bonchev–Trinajstić information content (AvgIpc) is 2.86. The van der Waals surface area contributed by atoms with Crippen LogP contribution in [-0.4, -0.2) is 65.4 Å². The molecule has 0 fully saturated rings. The van der Waals surface area contributed by atoms with E-state index in [1.165, 1.54) is 14.2 Å². The van der Waals surface area contributed by atoms with Crippen LogP contribution in [0.3, 0.4) is 0 Å². The van der Waals surface area contributed by atoms with Crippen LogP contribution in [0.4, 0.5) is 0 Å². The van der Waals surface area contributed by atoms with Crippen LogP contribution in [0, 0.1) is 0 Å². The van der Waals surface area contributed by atoms with E-state index in [4.69, 9.17) is 32.9 Å². The minimum absolute atomic E-state index is 0.212. The van der Waals surface area contributed by atoms with E-state index in [2.05, 4.69) is 5.09 Å². The molecule has 0 radical (unpaired) electrons. The van der Waals surface area contributed by atoms with Crippen molar-refractivity contribution in [3.8, 4) is 28.7 Å². The van der Waals surface area contributed by atoms with Crippen molar-refractivity contribution in [1.82, 2.24) is 5.09 Å². The molecule has 0 amide bonds. The lowest BCUT2D eigenvalue weighted by Gasteiger charge is -2.27. The summed E-state index contributed by atoms with van der Waals surface area (Å²) in [6.07, 6.45) is 2.08. The Balaban J connectivity index is 2.35. The number of benzene rings is 2. The number of methoxy groups -OCH3 is 5. The number of hydrogen-bond donors (Lipinski definition) is 2. The smallest absolute Gasteiger partial charge is 0.342 e. The predicted octanol–water partition coefficient (Wildman–Crippen LogP) is 4.79. The molecule has 0 aliphatic rings. The van der Waals surface area contributed by atoms with Crippen LogP contribution < -0.4 is 28.6 Å². The second kappa shape index (κ2) is 14.3. The van der Waals surface area contributed by atoms with Gasteiger partial charge >= 0.3 is 7.52 Å². The lowest BCUT2D eigenvalue weighted by molar-refractivity contribution is -0.137. The quantitative estimate of drug-likeness (QED) is 0.186. The number of ether oxygens (including phenoxy) is 6. The third-order valence-electron chi connectivity index (χ3n) is 5.13. The zero-order chi connectivity index (χ0) is 27.6. The molecule has 0 bridgehead atoms. The number of rotatable bonds is 15. The molecule has 0 spiro atoms. The van der Waals surface area contributed by atoms with Gasteiger partial charge in [0.25, 0.3) is 0 Å². The molecule has 0 aliphatic carbocycles. The molecule has 2 unspecified atom stereocenters. The van der Waals surface area contributed by atoms with Crippen LogP contribution in [0.25, 0.3) is 12.2 Å². The van der Waals surface area contributed by atoms with Gasteiger partial charge in [0.05, 0.1) is 40.6 Å². The van der Waals surface area contributed by atoms with Crippen LogP contribution in [-0.2, 0) is 14.0 Å². The van der Waals surface area contributed by atoms with Crippen LogP contribution in [0.2, 0.25) is 0 Å². The maximum absolute atomic E-state index is 13.6. The SMILES string of the molecule is COCP(=O)(N[C@@H](C)C(O)OC(C)C)Oc1cc(/C=C\c2cc(OC)c(OC)c(OC)c2)ccc1OC. The van der Waals surface area contributed by atoms with E-state index >= 15 is 0 Å². The molecule has 206 valence electrons. The zero-order valence-electron chi connectivity index (χ0n) is 22.6. The Labute approximate surface area is 218 Å². The Morgan fingerprint density at radius 2 is 1.41 bits per heavy atom. The lowest BCUT2D eigenvalue weighted by atomic mass is 10.1. The lowest BCUT2D eigenvalue weighted by Crippen LogP contribution is -2.40. The largest absolute Gasteiger partial charge is 0.493 e. The van der Waals surface area contributed by atoms with Gasteiger partial charge in [-0.25, -0.2) is 5.09 Å². The molecule has 2 rings (SSSR count). The summed E-state index contributed by atoms with van der Waals surface area (Å²) in [5.41, 5.74) is 1.57. The first-order chi connectivity index (χ1) is 17.6. The highest BCUT2D eigenvalue weighted by Gasteiger charge is 2.31. The fourth-order valence-electron chi connectivity index (χ4n) is 3.45. The van der Waals surface area contributed by atoms with Gasteiger partial charge in [0, 0.05) is 7.11 Å². The Morgan fingerprint density at radius 1 is 0.838 bits per heavy atom. The third kappa shape index (κ3) is 8.66. The molecule has 2 N–H and O–H groups in total. The molecular weight excluding hydrogens is 501 g/mol. The minimum atomic E-state index is -3.63. The Bertz CT molecular complexity index is 1060. The van der Waals surface area contributed by atoms with Crippen molar-refractivity contribution in [2.24, 2.45) is 0 Å². The van der Waals surface area contributed by atoms with E-state index in [1.807, 2.05) is 30.4 Å². The van der Waals surface area contributed by atoms with Crippen molar-refractivity contribution in [3.05, 3.63) is 41.5 Å². The van der Waals surface area contributed by atoms with Gasteiger partial charge in [-0.15, -0.1) is 0 Å². The summed E-state index contributed by atoms with van der Waals surface area (Å²) in [7, 11) is 3.94. The van der Waals surface area contributed by atoms with Crippen LogP contribution in [0.5, 0.6) is 28.7 Å². The summed E-state index contributed by atoms with van der Waals surface area (Å²) in [5, 5.41) is 13.1. The highest BCUT2D eigenvalue weighted by molar-refractivity contribution is 7.57. The molecule has 0 saturated carbocycles. The van der Waals surface area contributed by atoms with Gasteiger partial charge in [-0.05, 0) is 56.2 Å². The Morgan fingerprint density at radius 3 is 1.92 bits per heavy atom. The number of aliphatic hydroxyl groups is 1. The topological polar surface area (TPSA) is 114 Å². The molecule has 37 heavy (non-hydrogen) atoms. The van der Waals surface area contributed by atoms with E-state index in [1.54, 1.807) is 54.2 Å². The highest BCUT2D eigenvalue weighted by Crippen LogP contribution is 2.47. The van der Waals surface area contributed by atoms with E-state index < -0.39 is 19.9 Å². The first kappa shape index (κ1) is 30.5. The minimum Gasteiger partial charge on any atom is -0.493 e. The highest BCUT2D eigenvalue weighted by atomic mass is 31.2. The number of aliphatic hydroxyl groups excluding tert-OH is 1. The van der Waals surface area contributed by atoms with Crippen molar-refractivity contribution in [2.45, 2.75) is 39.2 Å². The van der Waals surface area contributed by atoms with Gasteiger partial charge in [0.15, 0.2) is 29.3 Å². The normalized spacial score (nSPS) is 14.8. The second-order valence-corrected chi connectivity index (χ2v) is 10.4. The van der Waals surface area contributed by atoms with Crippen LogP contribution >= 0.6 is 7.52 Å². The molecule has 0 heterocycles. The maximum Gasteiger partial charge on any atom is 0.342 e. The predicted molar refractivity (Wildman–Crippen MR) is 143 cm³/mol. The van der Waals surface area contributed by atoms with Crippen molar-refractivity contribution >= 4 is 19.7 Å². The van der Waals surface area contributed by atoms with E-state index in [0.717, 1.165) is 11.1 Å². The second-order valence-electron chi connectivity index (χ2n) is 8.38. The molecule has 0 aromatic heterocycles. The monoisotopic (exact) mass is 539 g/mol. The third-order valence-corrected chi connectivity index (χ3v) is 7.02. The van der Waals surface area contributed by atoms with E-state index in [9.17, 15) is 9.67 Å². The van der Waals surface area contributed by atoms with Gasteiger partial charge in [0.1, 0.15) is 6.35 Å². The van der Waals surface area contributed by atoms with Gasteiger partial charge in [0.2, 0.25) is 5.75 Å². The first-order valence-corrected chi connectivity index (χ1v) is 13.5. The van der Waals surface area contributed by atoms with E-state index in [0.29, 0.717) is 23.0 Å². The fraction of sp³-hybridized carbons (Fsp3) is 0.462. The zero-order valence-corrected chi connectivity index (χ0v) is 23.5. The summed E-state index contributed by atoms with van der Waals surface area (Å²) in [6, 6.07) is 8.18. The summed E-state index contributed by atoms with van der Waals surface area (Å²) in [6.45, 7) is 5.23. The summed E-state index contributed by atoms with van der Waals surface area (Å²) in [5.74, 6) is 2.19. The molecule has 0 aliphatic heterocycles. The molecular formula is C26H38NO9P. The van der Waals surface area contributed by atoms with Crippen LogP contribution in [0.1, 0.15) is 31.9 Å². The molecule has 2 aromatic rings. The summed E-state index contributed by atoms with van der Waals surface area (Å²) in [4.78, 5) is 0. The van der Waals surface area contributed by atoms with Gasteiger partial charge in [-0.3, -0.25) is 4.57 Å².